The molecule has 5 nitrogen and oxygen atoms in total. The monoisotopic (exact) mass is 292 g/mol. The minimum Gasteiger partial charge on any atom is -0.393 e. The van der Waals surface area contributed by atoms with Gasteiger partial charge in [-0.05, 0) is 43.7 Å². The molecule has 1 saturated carbocycles. The van der Waals surface area contributed by atoms with Gasteiger partial charge in [-0.3, -0.25) is 10.1 Å². The van der Waals surface area contributed by atoms with E-state index in [1.165, 1.54) is 6.07 Å². The number of rotatable bonds is 7. The molecule has 5 heteroatoms. The number of nitro groups is 1. The topological polar surface area (TPSA) is 75.4 Å². The molecule has 1 aliphatic rings. The summed E-state index contributed by atoms with van der Waals surface area (Å²) in [5.41, 5.74) is 1.12. The van der Waals surface area contributed by atoms with E-state index in [1.807, 2.05) is 6.07 Å². The maximum absolute atomic E-state index is 10.9. The molecule has 0 saturated heterocycles. The molecule has 116 valence electrons. The predicted molar refractivity (Wildman–Crippen MR) is 82.1 cm³/mol. The lowest BCUT2D eigenvalue weighted by atomic mass is 10.00. The molecule has 0 aliphatic heterocycles. The fourth-order valence-electron chi connectivity index (χ4n) is 3.07. The Balaban J connectivity index is 2.00. The summed E-state index contributed by atoms with van der Waals surface area (Å²) in [6.45, 7) is 2.98. The van der Waals surface area contributed by atoms with Crippen LogP contribution in [-0.2, 0) is 0 Å². The Morgan fingerprint density at radius 3 is 2.90 bits per heavy atom. The fourth-order valence-corrected chi connectivity index (χ4v) is 3.07. The molecule has 0 heterocycles. The molecule has 0 amide bonds. The van der Waals surface area contributed by atoms with E-state index in [2.05, 4.69) is 12.2 Å². The van der Waals surface area contributed by atoms with Gasteiger partial charge in [0.2, 0.25) is 0 Å². The number of nitro benzene ring substituents is 1. The van der Waals surface area contributed by atoms with Gasteiger partial charge >= 0.3 is 0 Å². The number of nitrogens with zero attached hydrogens (tertiary/aromatic N) is 1. The average molecular weight is 292 g/mol. The van der Waals surface area contributed by atoms with Crippen LogP contribution < -0.4 is 5.32 Å². The van der Waals surface area contributed by atoms with E-state index in [0.717, 1.165) is 44.2 Å². The maximum atomic E-state index is 10.9. The number of aliphatic hydroxyl groups excluding tert-OH is 1. The Bertz CT molecular complexity index is 478. The van der Waals surface area contributed by atoms with Gasteiger partial charge in [0.25, 0.3) is 5.69 Å². The lowest BCUT2D eigenvalue weighted by Gasteiger charge is -2.21. The number of non-ortho nitro benzene ring substituents is 1. The van der Waals surface area contributed by atoms with Crippen LogP contribution in [0.5, 0.6) is 0 Å². The van der Waals surface area contributed by atoms with Crippen LogP contribution in [0.3, 0.4) is 0 Å². The third-order valence-corrected chi connectivity index (χ3v) is 4.23. The van der Waals surface area contributed by atoms with Gasteiger partial charge in [0.1, 0.15) is 0 Å². The van der Waals surface area contributed by atoms with E-state index in [1.54, 1.807) is 12.1 Å². The summed E-state index contributed by atoms with van der Waals surface area (Å²) >= 11 is 0. The highest BCUT2D eigenvalue weighted by Crippen LogP contribution is 2.27. The fraction of sp³-hybridized carbons (Fsp3) is 0.625. The molecule has 2 rings (SSSR count). The first-order valence-corrected chi connectivity index (χ1v) is 7.76. The first-order chi connectivity index (χ1) is 10.1. The molecule has 1 fully saturated rings. The predicted octanol–water partition coefficient (Wildman–Crippen LogP) is 3.19. The van der Waals surface area contributed by atoms with Crippen LogP contribution >= 0.6 is 0 Å². The zero-order valence-corrected chi connectivity index (χ0v) is 12.5. The Morgan fingerprint density at radius 2 is 2.29 bits per heavy atom. The number of hydrogen-bond acceptors (Lipinski definition) is 4. The summed E-state index contributed by atoms with van der Waals surface area (Å²) < 4.78 is 0. The van der Waals surface area contributed by atoms with Crippen molar-refractivity contribution in [3.63, 3.8) is 0 Å². The Kier molecular flexibility index (Phi) is 5.70. The summed E-state index contributed by atoms with van der Waals surface area (Å²) in [5.74, 6) is 0.512. The van der Waals surface area contributed by atoms with E-state index >= 15 is 0 Å². The number of benzene rings is 1. The Hall–Kier alpha value is -1.46. The lowest BCUT2D eigenvalue weighted by Crippen LogP contribution is -2.27. The molecule has 3 atom stereocenters. The third-order valence-electron chi connectivity index (χ3n) is 4.23. The SMILES string of the molecule is CCCC(NCC1CCC(O)C1)c1cccc([N+](=O)[O-])c1. The minimum absolute atomic E-state index is 0.145. The summed E-state index contributed by atoms with van der Waals surface area (Å²) in [6, 6.07) is 7.03. The Labute approximate surface area is 125 Å². The second-order valence-electron chi connectivity index (χ2n) is 5.93. The van der Waals surface area contributed by atoms with Gasteiger partial charge in [0.05, 0.1) is 11.0 Å². The van der Waals surface area contributed by atoms with Crippen LogP contribution in [0.15, 0.2) is 24.3 Å². The van der Waals surface area contributed by atoms with Crippen molar-refractivity contribution >= 4 is 5.69 Å². The van der Waals surface area contributed by atoms with E-state index < -0.39 is 0 Å². The van der Waals surface area contributed by atoms with Crippen LogP contribution in [0.4, 0.5) is 5.69 Å². The molecule has 1 aliphatic carbocycles. The van der Waals surface area contributed by atoms with Crippen molar-refractivity contribution in [1.29, 1.82) is 0 Å². The summed E-state index contributed by atoms with van der Waals surface area (Å²) in [6.07, 6.45) is 4.63. The molecule has 0 bridgehead atoms. The first kappa shape index (κ1) is 15.9. The average Bonchev–Trinajstić information content (AvgIpc) is 2.89. The van der Waals surface area contributed by atoms with Crippen LogP contribution in [0.1, 0.15) is 50.6 Å². The van der Waals surface area contributed by atoms with Gasteiger partial charge in [-0.15, -0.1) is 0 Å². The lowest BCUT2D eigenvalue weighted by molar-refractivity contribution is -0.384. The van der Waals surface area contributed by atoms with Gasteiger partial charge < -0.3 is 10.4 Å². The molecular weight excluding hydrogens is 268 g/mol. The van der Waals surface area contributed by atoms with Crippen molar-refractivity contribution in [2.24, 2.45) is 5.92 Å². The molecule has 2 N–H and O–H groups in total. The van der Waals surface area contributed by atoms with Crippen LogP contribution in [-0.4, -0.2) is 22.7 Å². The normalized spacial score (nSPS) is 23.1. The second kappa shape index (κ2) is 7.52. The molecule has 0 radical (unpaired) electrons. The van der Waals surface area contributed by atoms with Gasteiger partial charge in [0, 0.05) is 18.2 Å². The zero-order chi connectivity index (χ0) is 15.2. The molecule has 0 aromatic heterocycles. The summed E-state index contributed by atoms with van der Waals surface area (Å²) in [5, 5.41) is 24.0. The molecule has 21 heavy (non-hydrogen) atoms. The van der Waals surface area contributed by atoms with Crippen LogP contribution in [0.25, 0.3) is 0 Å². The Morgan fingerprint density at radius 1 is 1.48 bits per heavy atom. The van der Waals surface area contributed by atoms with Gasteiger partial charge in [-0.25, -0.2) is 0 Å². The highest BCUT2D eigenvalue weighted by Gasteiger charge is 2.23. The number of nitrogens with one attached hydrogen (secondary N) is 1. The number of aliphatic hydroxyl groups is 1. The van der Waals surface area contributed by atoms with Gasteiger partial charge in [-0.1, -0.05) is 25.5 Å². The minimum atomic E-state index is -0.347. The van der Waals surface area contributed by atoms with Crippen molar-refractivity contribution in [2.45, 2.75) is 51.2 Å². The smallest absolute Gasteiger partial charge is 0.269 e. The molecule has 1 aromatic carbocycles. The van der Waals surface area contributed by atoms with Crippen molar-refractivity contribution in [1.82, 2.24) is 5.32 Å². The van der Waals surface area contributed by atoms with E-state index in [9.17, 15) is 15.2 Å². The van der Waals surface area contributed by atoms with Crippen LogP contribution in [0, 0.1) is 16.0 Å². The largest absolute Gasteiger partial charge is 0.393 e. The zero-order valence-electron chi connectivity index (χ0n) is 12.5. The molecule has 0 spiro atoms. The summed E-state index contributed by atoms with van der Waals surface area (Å²) in [4.78, 5) is 10.5. The van der Waals surface area contributed by atoms with Gasteiger partial charge in [-0.2, -0.15) is 0 Å². The molecule has 1 aromatic rings. The third kappa shape index (κ3) is 4.51. The van der Waals surface area contributed by atoms with E-state index in [-0.39, 0.29) is 22.8 Å². The maximum Gasteiger partial charge on any atom is 0.269 e. The standard InChI is InChI=1S/C16H24N2O3/c1-2-4-16(17-11-12-7-8-15(19)9-12)13-5-3-6-14(10-13)18(20)21/h3,5-6,10,12,15-17,19H,2,4,7-9,11H2,1H3. The van der Waals surface area contributed by atoms with Crippen molar-refractivity contribution < 1.29 is 10.0 Å². The van der Waals surface area contributed by atoms with Crippen molar-refractivity contribution in [3.8, 4) is 0 Å². The molecular formula is C16H24N2O3. The van der Waals surface area contributed by atoms with Crippen molar-refractivity contribution in [2.75, 3.05) is 6.54 Å². The summed E-state index contributed by atoms with van der Waals surface area (Å²) in [7, 11) is 0. The molecule has 3 unspecified atom stereocenters. The second-order valence-corrected chi connectivity index (χ2v) is 5.93. The van der Waals surface area contributed by atoms with Crippen LogP contribution in [0.2, 0.25) is 0 Å². The first-order valence-electron chi connectivity index (χ1n) is 7.76. The highest BCUT2D eigenvalue weighted by atomic mass is 16.6. The van der Waals surface area contributed by atoms with E-state index in [0.29, 0.717) is 5.92 Å². The van der Waals surface area contributed by atoms with Crippen molar-refractivity contribution in [3.05, 3.63) is 39.9 Å². The highest BCUT2D eigenvalue weighted by molar-refractivity contribution is 5.35. The quantitative estimate of drug-likeness (QED) is 0.598. The number of hydrogen-bond donors (Lipinski definition) is 2. The van der Waals surface area contributed by atoms with E-state index in [4.69, 9.17) is 0 Å². The van der Waals surface area contributed by atoms with Gasteiger partial charge in [0.15, 0.2) is 0 Å².